The molecular weight excluding hydrogens is 214 g/mol. The minimum Gasteiger partial charge on any atom is -0.353 e. The highest BCUT2D eigenvalue weighted by molar-refractivity contribution is 5.82. The van der Waals surface area contributed by atoms with Gasteiger partial charge >= 0.3 is 0 Å². The Morgan fingerprint density at radius 1 is 1.18 bits per heavy atom. The number of nitrogens with zero attached hydrogens (tertiary/aromatic N) is 3. The van der Waals surface area contributed by atoms with Crippen LogP contribution in [0.4, 0.5) is 5.82 Å². The monoisotopic (exact) mass is 227 g/mol. The summed E-state index contributed by atoms with van der Waals surface area (Å²) in [4.78, 5) is 21.3. The zero-order valence-electron chi connectivity index (χ0n) is 9.58. The molecule has 4 heteroatoms. The van der Waals surface area contributed by atoms with E-state index in [9.17, 15) is 4.79 Å². The van der Waals surface area contributed by atoms with Crippen LogP contribution in [0.25, 0.3) is 0 Å². The van der Waals surface area contributed by atoms with Crippen molar-refractivity contribution in [1.82, 2.24) is 9.97 Å². The predicted molar refractivity (Wildman–Crippen MR) is 66.0 cm³/mol. The van der Waals surface area contributed by atoms with Crippen molar-refractivity contribution in [3.8, 4) is 0 Å². The molecule has 0 N–H and O–H groups in total. The highest BCUT2D eigenvalue weighted by atomic mass is 16.1. The number of anilines is 1. The average Bonchev–Trinajstić information content (AvgIpc) is 2.40. The van der Waals surface area contributed by atoms with Crippen molar-refractivity contribution in [3.05, 3.63) is 54.0 Å². The van der Waals surface area contributed by atoms with E-state index in [1.54, 1.807) is 24.5 Å². The molecule has 4 nitrogen and oxygen atoms in total. The molecule has 0 aromatic carbocycles. The highest BCUT2D eigenvalue weighted by Crippen LogP contribution is 2.15. The molecule has 2 heterocycles. The van der Waals surface area contributed by atoms with Crippen molar-refractivity contribution in [2.45, 2.75) is 6.54 Å². The standard InChI is InChI=1S/C13H13N3O/c1-16(9-12-6-2-3-7-14-12)13-11(10-17)5-4-8-15-13/h2-8,10H,9H2,1H3. The summed E-state index contributed by atoms with van der Waals surface area (Å²) in [6.07, 6.45) is 4.25. The van der Waals surface area contributed by atoms with E-state index in [1.807, 2.05) is 30.1 Å². The summed E-state index contributed by atoms with van der Waals surface area (Å²) in [5.41, 5.74) is 1.53. The van der Waals surface area contributed by atoms with E-state index in [2.05, 4.69) is 9.97 Å². The van der Waals surface area contributed by atoms with E-state index in [-0.39, 0.29) is 0 Å². The largest absolute Gasteiger partial charge is 0.353 e. The van der Waals surface area contributed by atoms with Crippen LogP contribution in [0.3, 0.4) is 0 Å². The molecule has 86 valence electrons. The van der Waals surface area contributed by atoms with E-state index >= 15 is 0 Å². The summed E-state index contributed by atoms with van der Waals surface area (Å²) in [6, 6.07) is 9.27. The van der Waals surface area contributed by atoms with Gasteiger partial charge in [0.2, 0.25) is 0 Å². The molecule has 0 radical (unpaired) electrons. The number of hydrogen-bond donors (Lipinski definition) is 0. The van der Waals surface area contributed by atoms with E-state index in [1.165, 1.54) is 0 Å². The summed E-state index contributed by atoms with van der Waals surface area (Å²) in [5.74, 6) is 0.674. The smallest absolute Gasteiger partial charge is 0.153 e. The topological polar surface area (TPSA) is 46.1 Å². The number of aromatic nitrogens is 2. The molecule has 0 aliphatic rings. The number of hydrogen-bond acceptors (Lipinski definition) is 4. The van der Waals surface area contributed by atoms with Gasteiger partial charge in [0.15, 0.2) is 6.29 Å². The summed E-state index contributed by atoms with van der Waals surface area (Å²) < 4.78 is 0. The minimum atomic E-state index is 0.589. The van der Waals surface area contributed by atoms with Crippen molar-refractivity contribution < 1.29 is 4.79 Å². The molecular formula is C13H13N3O. The molecule has 0 aliphatic heterocycles. The first kappa shape index (κ1) is 11.3. The normalized spacial score (nSPS) is 9.94. The van der Waals surface area contributed by atoms with Gasteiger partial charge in [0, 0.05) is 19.4 Å². The number of carbonyl (C=O) groups is 1. The summed E-state index contributed by atoms with van der Waals surface area (Å²) >= 11 is 0. The lowest BCUT2D eigenvalue weighted by molar-refractivity contribution is 0.112. The molecule has 0 unspecified atom stereocenters. The molecule has 0 spiro atoms. The second-order valence-electron chi connectivity index (χ2n) is 3.71. The molecule has 0 aliphatic carbocycles. The van der Waals surface area contributed by atoms with Gasteiger partial charge in [-0.05, 0) is 24.3 Å². The van der Waals surface area contributed by atoms with Gasteiger partial charge in [0.1, 0.15) is 5.82 Å². The van der Waals surface area contributed by atoms with Crippen molar-refractivity contribution in [2.75, 3.05) is 11.9 Å². The summed E-state index contributed by atoms with van der Waals surface area (Å²) in [7, 11) is 1.89. The summed E-state index contributed by atoms with van der Waals surface area (Å²) in [6.45, 7) is 0.624. The molecule has 2 aromatic rings. The van der Waals surface area contributed by atoms with Crippen LogP contribution in [-0.2, 0) is 6.54 Å². The van der Waals surface area contributed by atoms with Gasteiger partial charge in [-0.2, -0.15) is 0 Å². The van der Waals surface area contributed by atoms with Crippen LogP contribution in [-0.4, -0.2) is 23.3 Å². The highest BCUT2D eigenvalue weighted by Gasteiger charge is 2.08. The molecule has 2 aromatic heterocycles. The molecule has 0 bridgehead atoms. The number of carbonyl (C=O) groups excluding carboxylic acids is 1. The fourth-order valence-corrected chi connectivity index (χ4v) is 1.63. The lowest BCUT2D eigenvalue weighted by atomic mass is 10.2. The van der Waals surface area contributed by atoms with Crippen molar-refractivity contribution in [2.24, 2.45) is 0 Å². The van der Waals surface area contributed by atoms with Gasteiger partial charge in [-0.3, -0.25) is 9.78 Å². The zero-order valence-corrected chi connectivity index (χ0v) is 9.58. The van der Waals surface area contributed by atoms with E-state index < -0.39 is 0 Å². The Morgan fingerprint density at radius 2 is 2.00 bits per heavy atom. The molecule has 2 rings (SSSR count). The first-order chi connectivity index (χ1) is 8.31. The Labute approximate surface area is 99.9 Å². The van der Waals surface area contributed by atoms with Gasteiger partial charge in [-0.15, -0.1) is 0 Å². The second-order valence-corrected chi connectivity index (χ2v) is 3.71. The van der Waals surface area contributed by atoms with Crippen LogP contribution in [0.5, 0.6) is 0 Å². The summed E-state index contributed by atoms with van der Waals surface area (Å²) in [5, 5.41) is 0. The van der Waals surface area contributed by atoms with Crippen molar-refractivity contribution in [1.29, 1.82) is 0 Å². The maximum atomic E-state index is 10.9. The van der Waals surface area contributed by atoms with Gasteiger partial charge in [0.05, 0.1) is 17.8 Å². The lowest BCUT2D eigenvalue weighted by Crippen LogP contribution is -2.19. The molecule has 0 saturated heterocycles. The van der Waals surface area contributed by atoms with E-state index in [0.717, 1.165) is 12.0 Å². The Morgan fingerprint density at radius 3 is 2.71 bits per heavy atom. The molecule has 17 heavy (non-hydrogen) atoms. The first-order valence-electron chi connectivity index (χ1n) is 5.32. The second kappa shape index (κ2) is 5.21. The molecule has 0 fully saturated rings. The molecule has 0 saturated carbocycles. The van der Waals surface area contributed by atoms with Crippen LogP contribution in [0.1, 0.15) is 16.1 Å². The Bertz CT molecular complexity index is 499. The van der Waals surface area contributed by atoms with Gasteiger partial charge in [0.25, 0.3) is 0 Å². The van der Waals surface area contributed by atoms with E-state index in [0.29, 0.717) is 17.9 Å². The van der Waals surface area contributed by atoms with Gasteiger partial charge < -0.3 is 4.90 Å². The molecule has 0 amide bonds. The fourth-order valence-electron chi connectivity index (χ4n) is 1.63. The van der Waals surface area contributed by atoms with Gasteiger partial charge in [-0.1, -0.05) is 6.07 Å². The van der Waals surface area contributed by atoms with Crippen LogP contribution in [0.15, 0.2) is 42.7 Å². The first-order valence-corrected chi connectivity index (χ1v) is 5.32. The maximum absolute atomic E-state index is 10.9. The van der Waals surface area contributed by atoms with Crippen LogP contribution < -0.4 is 4.90 Å². The number of aldehydes is 1. The van der Waals surface area contributed by atoms with Crippen molar-refractivity contribution >= 4 is 12.1 Å². The van der Waals surface area contributed by atoms with E-state index in [4.69, 9.17) is 0 Å². The Balaban J connectivity index is 2.20. The van der Waals surface area contributed by atoms with Crippen molar-refractivity contribution in [3.63, 3.8) is 0 Å². The average molecular weight is 227 g/mol. The van der Waals surface area contributed by atoms with Crippen LogP contribution in [0, 0.1) is 0 Å². The quantitative estimate of drug-likeness (QED) is 0.749. The fraction of sp³-hybridized carbons (Fsp3) is 0.154. The number of rotatable bonds is 4. The lowest BCUT2D eigenvalue weighted by Gasteiger charge is -2.18. The molecule has 0 atom stereocenters. The third-order valence-electron chi connectivity index (χ3n) is 2.43. The minimum absolute atomic E-state index is 0.589. The SMILES string of the molecule is CN(Cc1ccccn1)c1ncccc1C=O. The number of pyridine rings is 2. The Kier molecular flexibility index (Phi) is 3.45. The third kappa shape index (κ3) is 2.66. The zero-order chi connectivity index (χ0) is 12.1. The van der Waals surface area contributed by atoms with Crippen LogP contribution >= 0.6 is 0 Å². The maximum Gasteiger partial charge on any atom is 0.153 e. The van der Waals surface area contributed by atoms with Gasteiger partial charge in [-0.25, -0.2) is 4.98 Å². The predicted octanol–water partition coefficient (Wildman–Crippen LogP) is 1.93. The third-order valence-corrected chi connectivity index (χ3v) is 2.43. The van der Waals surface area contributed by atoms with Crippen LogP contribution in [0.2, 0.25) is 0 Å². The Hall–Kier alpha value is -2.23.